The smallest absolute Gasteiger partial charge is 0.248 e. The zero-order valence-corrected chi connectivity index (χ0v) is 12.9. The van der Waals surface area contributed by atoms with Crippen LogP contribution in [0.1, 0.15) is 22.6 Å². The van der Waals surface area contributed by atoms with E-state index in [1.165, 1.54) is 22.6 Å². The van der Waals surface area contributed by atoms with Crippen molar-refractivity contribution in [3.63, 3.8) is 0 Å². The lowest BCUT2D eigenvalue weighted by atomic mass is 10.0. The molecule has 1 aliphatic rings. The third kappa shape index (κ3) is 2.55. The Morgan fingerprint density at radius 3 is 2.70 bits per heavy atom. The van der Waals surface area contributed by atoms with Gasteiger partial charge in [-0.05, 0) is 60.6 Å². The molecule has 1 aliphatic carbocycles. The summed E-state index contributed by atoms with van der Waals surface area (Å²) in [6.45, 7) is 1.88. The van der Waals surface area contributed by atoms with E-state index in [1.807, 2.05) is 25.1 Å². The standard InChI is InChI=1S/C20H17NO2/c1-13-5-9-16(23-13)10-12-19(22)21-18-11-8-15-7-6-14-3-2-4-17(18)20(14)15/h2-5,8-12H,6-7H2,1H3,(H,21,22)/b12-10+. The van der Waals surface area contributed by atoms with Crippen molar-refractivity contribution in [3.8, 4) is 0 Å². The van der Waals surface area contributed by atoms with E-state index in [4.69, 9.17) is 4.42 Å². The van der Waals surface area contributed by atoms with E-state index in [0.29, 0.717) is 5.76 Å². The molecule has 0 saturated heterocycles. The zero-order chi connectivity index (χ0) is 15.8. The third-order valence-corrected chi connectivity index (χ3v) is 4.29. The highest BCUT2D eigenvalue weighted by Crippen LogP contribution is 2.34. The van der Waals surface area contributed by atoms with Crippen LogP contribution in [-0.4, -0.2) is 5.91 Å². The number of hydrogen-bond donors (Lipinski definition) is 1. The van der Waals surface area contributed by atoms with Crippen molar-refractivity contribution in [3.05, 3.63) is 71.2 Å². The van der Waals surface area contributed by atoms with Crippen molar-refractivity contribution < 1.29 is 9.21 Å². The summed E-state index contributed by atoms with van der Waals surface area (Å²) >= 11 is 0. The van der Waals surface area contributed by atoms with Crippen LogP contribution in [0.2, 0.25) is 0 Å². The second-order valence-electron chi connectivity index (χ2n) is 5.88. The van der Waals surface area contributed by atoms with Gasteiger partial charge in [-0.2, -0.15) is 0 Å². The Hall–Kier alpha value is -2.81. The molecule has 2 aromatic carbocycles. The lowest BCUT2D eigenvalue weighted by Crippen LogP contribution is -2.08. The van der Waals surface area contributed by atoms with Crippen LogP contribution < -0.4 is 5.32 Å². The number of rotatable bonds is 3. The topological polar surface area (TPSA) is 42.2 Å². The van der Waals surface area contributed by atoms with E-state index in [0.717, 1.165) is 29.7 Å². The molecule has 0 radical (unpaired) electrons. The van der Waals surface area contributed by atoms with Gasteiger partial charge >= 0.3 is 0 Å². The molecular formula is C20H17NO2. The summed E-state index contributed by atoms with van der Waals surface area (Å²) in [4.78, 5) is 12.2. The molecule has 0 unspecified atom stereocenters. The molecule has 0 spiro atoms. The number of hydrogen-bond acceptors (Lipinski definition) is 2. The van der Waals surface area contributed by atoms with E-state index < -0.39 is 0 Å². The van der Waals surface area contributed by atoms with Crippen LogP contribution in [0, 0.1) is 6.92 Å². The fraction of sp³-hybridized carbons (Fsp3) is 0.150. The first-order valence-corrected chi connectivity index (χ1v) is 7.80. The highest BCUT2D eigenvalue weighted by atomic mass is 16.3. The van der Waals surface area contributed by atoms with Crippen LogP contribution in [0.4, 0.5) is 5.69 Å². The Bertz CT molecular complexity index is 924. The molecule has 0 bridgehead atoms. The first-order valence-electron chi connectivity index (χ1n) is 7.80. The number of benzene rings is 2. The van der Waals surface area contributed by atoms with Crippen LogP contribution in [0.25, 0.3) is 16.8 Å². The summed E-state index contributed by atoms with van der Waals surface area (Å²) in [6.07, 6.45) is 5.35. The van der Waals surface area contributed by atoms with Gasteiger partial charge in [-0.25, -0.2) is 0 Å². The molecule has 3 heteroatoms. The molecule has 1 amide bonds. The Balaban J connectivity index is 1.61. The van der Waals surface area contributed by atoms with E-state index in [-0.39, 0.29) is 5.91 Å². The number of amides is 1. The maximum atomic E-state index is 12.2. The quantitative estimate of drug-likeness (QED) is 0.724. The number of furan rings is 1. The van der Waals surface area contributed by atoms with E-state index in [1.54, 1.807) is 6.08 Å². The summed E-state index contributed by atoms with van der Waals surface area (Å²) in [6, 6.07) is 14.1. The first kappa shape index (κ1) is 13.8. The van der Waals surface area contributed by atoms with Crippen LogP contribution >= 0.6 is 0 Å². The van der Waals surface area contributed by atoms with Gasteiger partial charge in [0.2, 0.25) is 5.91 Å². The van der Waals surface area contributed by atoms with E-state index in [2.05, 4.69) is 29.6 Å². The molecule has 0 saturated carbocycles. The number of anilines is 1. The first-order chi connectivity index (χ1) is 11.2. The molecule has 0 atom stereocenters. The zero-order valence-electron chi connectivity index (χ0n) is 12.9. The fourth-order valence-electron chi connectivity index (χ4n) is 3.23. The van der Waals surface area contributed by atoms with Crippen molar-refractivity contribution in [1.82, 2.24) is 0 Å². The maximum absolute atomic E-state index is 12.2. The highest BCUT2D eigenvalue weighted by molar-refractivity contribution is 6.09. The molecule has 114 valence electrons. The molecular weight excluding hydrogens is 286 g/mol. The molecule has 23 heavy (non-hydrogen) atoms. The third-order valence-electron chi connectivity index (χ3n) is 4.29. The number of carbonyl (C=O) groups excluding carboxylic acids is 1. The van der Waals surface area contributed by atoms with Crippen molar-refractivity contribution in [2.24, 2.45) is 0 Å². The highest BCUT2D eigenvalue weighted by Gasteiger charge is 2.16. The van der Waals surface area contributed by atoms with Crippen molar-refractivity contribution >= 4 is 28.4 Å². The molecule has 1 N–H and O–H groups in total. The molecule has 3 aromatic rings. The normalized spacial score (nSPS) is 13.1. The average Bonchev–Trinajstić information content (AvgIpc) is 3.16. The van der Waals surface area contributed by atoms with Gasteiger partial charge in [0.05, 0.1) is 0 Å². The number of nitrogens with one attached hydrogen (secondary N) is 1. The fourth-order valence-corrected chi connectivity index (χ4v) is 3.23. The summed E-state index contributed by atoms with van der Waals surface area (Å²) in [5.41, 5.74) is 3.60. The summed E-state index contributed by atoms with van der Waals surface area (Å²) in [7, 11) is 0. The average molecular weight is 303 g/mol. The van der Waals surface area contributed by atoms with Crippen molar-refractivity contribution in [1.29, 1.82) is 0 Å². The maximum Gasteiger partial charge on any atom is 0.248 e. The molecule has 3 nitrogen and oxygen atoms in total. The Labute approximate surface area is 134 Å². The van der Waals surface area contributed by atoms with E-state index in [9.17, 15) is 4.79 Å². The Morgan fingerprint density at radius 1 is 1.09 bits per heavy atom. The Kier molecular flexibility index (Phi) is 3.27. The molecule has 1 aromatic heterocycles. The van der Waals surface area contributed by atoms with Gasteiger partial charge in [0.25, 0.3) is 0 Å². The molecule has 1 heterocycles. The minimum Gasteiger partial charge on any atom is -0.462 e. The minimum atomic E-state index is -0.155. The minimum absolute atomic E-state index is 0.155. The predicted molar refractivity (Wildman–Crippen MR) is 92.5 cm³/mol. The molecule has 0 fully saturated rings. The lowest BCUT2D eigenvalue weighted by Gasteiger charge is -2.09. The van der Waals surface area contributed by atoms with Crippen LogP contribution in [0.3, 0.4) is 0 Å². The Morgan fingerprint density at radius 2 is 1.91 bits per heavy atom. The van der Waals surface area contributed by atoms with E-state index >= 15 is 0 Å². The monoisotopic (exact) mass is 303 g/mol. The summed E-state index contributed by atoms with van der Waals surface area (Å²) in [5, 5.41) is 5.40. The van der Waals surface area contributed by atoms with Gasteiger partial charge in [0.15, 0.2) is 0 Å². The number of carbonyl (C=O) groups is 1. The summed E-state index contributed by atoms with van der Waals surface area (Å²) in [5.74, 6) is 1.35. The van der Waals surface area contributed by atoms with Crippen LogP contribution in [-0.2, 0) is 17.6 Å². The van der Waals surface area contributed by atoms with Gasteiger partial charge in [-0.15, -0.1) is 0 Å². The van der Waals surface area contributed by atoms with Gasteiger partial charge in [-0.1, -0.05) is 24.3 Å². The molecule has 0 aliphatic heterocycles. The van der Waals surface area contributed by atoms with Crippen LogP contribution in [0.5, 0.6) is 0 Å². The van der Waals surface area contributed by atoms with Gasteiger partial charge in [-0.3, -0.25) is 4.79 Å². The largest absolute Gasteiger partial charge is 0.462 e. The van der Waals surface area contributed by atoms with Gasteiger partial charge < -0.3 is 9.73 Å². The predicted octanol–water partition coefficient (Wildman–Crippen LogP) is 4.49. The van der Waals surface area contributed by atoms with Crippen molar-refractivity contribution in [2.45, 2.75) is 19.8 Å². The van der Waals surface area contributed by atoms with Gasteiger partial charge in [0.1, 0.15) is 11.5 Å². The lowest BCUT2D eigenvalue weighted by molar-refractivity contribution is -0.111. The van der Waals surface area contributed by atoms with Gasteiger partial charge in [0, 0.05) is 17.1 Å². The molecule has 4 rings (SSSR count). The summed E-state index contributed by atoms with van der Waals surface area (Å²) < 4.78 is 5.43. The van der Waals surface area contributed by atoms with Crippen LogP contribution in [0.15, 0.2) is 53.0 Å². The van der Waals surface area contributed by atoms with Crippen molar-refractivity contribution in [2.75, 3.05) is 5.32 Å². The second kappa shape index (κ2) is 5.43. The SMILES string of the molecule is Cc1ccc(/C=C/C(=O)Nc2ccc3c4c(cccc24)CC3)o1. The second-order valence-corrected chi connectivity index (χ2v) is 5.88. The number of aryl methyl sites for hydroxylation is 3.